The van der Waals surface area contributed by atoms with Gasteiger partial charge in [-0.05, 0) is 0 Å². The molecule has 0 atom stereocenters. The van der Waals surface area contributed by atoms with E-state index in [1.165, 1.54) is 22.6 Å². The molecule has 1 heterocycles. The van der Waals surface area contributed by atoms with Gasteiger partial charge in [-0.3, -0.25) is 4.68 Å². The molecule has 1 aromatic heterocycles. The van der Waals surface area contributed by atoms with Crippen molar-refractivity contribution in [1.82, 2.24) is 9.78 Å². The highest BCUT2D eigenvalue weighted by Crippen LogP contribution is 1.97. The third-order valence-electron chi connectivity index (χ3n) is 1.26. The maximum absolute atomic E-state index is 10.4. The number of carboxylic acid groups (broad SMARTS) is 1. The minimum atomic E-state index is -0.976. The molecule has 1 N–H and O–H groups in total. The summed E-state index contributed by atoms with van der Waals surface area (Å²) in [5, 5.41) is 12.3. The molecule has 0 unspecified atom stereocenters. The molecule has 0 amide bonds. The molecule has 0 spiro atoms. The van der Waals surface area contributed by atoms with E-state index in [1.54, 1.807) is 6.08 Å². The highest BCUT2D eigenvalue weighted by molar-refractivity contribution is 6.25. The standard InChI is InChI=1S/C7H7ClN2O2/c8-2-1-3-10-5-6(4-9-10)7(11)12/h1-2,4-5H,3H2,(H,11,12)/b2-1+. The molecule has 0 aliphatic rings. The average molecular weight is 187 g/mol. The van der Waals surface area contributed by atoms with Gasteiger partial charge in [0.2, 0.25) is 0 Å². The summed E-state index contributed by atoms with van der Waals surface area (Å²) in [6.07, 6.45) is 4.41. The van der Waals surface area contributed by atoms with Crippen LogP contribution in [0.2, 0.25) is 0 Å². The van der Waals surface area contributed by atoms with Crippen molar-refractivity contribution < 1.29 is 9.90 Å². The van der Waals surface area contributed by atoms with Gasteiger partial charge in [0.1, 0.15) is 0 Å². The van der Waals surface area contributed by atoms with Crippen LogP contribution in [-0.4, -0.2) is 20.9 Å². The normalized spacial score (nSPS) is 10.8. The molecule has 64 valence electrons. The largest absolute Gasteiger partial charge is 0.478 e. The van der Waals surface area contributed by atoms with E-state index in [-0.39, 0.29) is 5.56 Å². The van der Waals surface area contributed by atoms with E-state index in [0.717, 1.165) is 0 Å². The van der Waals surface area contributed by atoms with Crippen LogP contribution in [0, 0.1) is 0 Å². The van der Waals surface area contributed by atoms with Gasteiger partial charge in [-0.2, -0.15) is 5.10 Å². The van der Waals surface area contributed by atoms with Crippen LogP contribution >= 0.6 is 11.6 Å². The van der Waals surface area contributed by atoms with Crippen molar-refractivity contribution >= 4 is 17.6 Å². The van der Waals surface area contributed by atoms with Gasteiger partial charge in [0, 0.05) is 11.7 Å². The second-order valence-electron chi connectivity index (χ2n) is 2.12. The summed E-state index contributed by atoms with van der Waals surface area (Å²) >= 11 is 5.28. The first-order chi connectivity index (χ1) is 5.74. The topological polar surface area (TPSA) is 55.1 Å². The first-order valence-electron chi connectivity index (χ1n) is 3.25. The first-order valence-corrected chi connectivity index (χ1v) is 3.68. The summed E-state index contributed by atoms with van der Waals surface area (Å²) in [5.74, 6) is -0.976. The Morgan fingerprint density at radius 1 is 1.83 bits per heavy atom. The molecule has 0 aromatic carbocycles. The van der Waals surface area contributed by atoms with Gasteiger partial charge in [-0.1, -0.05) is 17.7 Å². The highest BCUT2D eigenvalue weighted by Gasteiger charge is 2.03. The molecule has 4 nitrogen and oxygen atoms in total. The number of carbonyl (C=O) groups is 1. The second-order valence-corrected chi connectivity index (χ2v) is 2.37. The van der Waals surface area contributed by atoms with Crippen molar-refractivity contribution in [3.05, 3.63) is 29.6 Å². The van der Waals surface area contributed by atoms with Gasteiger partial charge in [0.25, 0.3) is 0 Å². The molecule has 0 radical (unpaired) electrons. The molecule has 1 aromatic rings. The zero-order valence-electron chi connectivity index (χ0n) is 6.14. The SMILES string of the molecule is O=C(O)c1cnn(C/C=C/Cl)c1. The monoisotopic (exact) mass is 186 g/mol. The van der Waals surface area contributed by atoms with Crippen molar-refractivity contribution in [3.8, 4) is 0 Å². The third kappa shape index (κ3) is 2.10. The lowest BCUT2D eigenvalue weighted by Crippen LogP contribution is -1.96. The quantitative estimate of drug-likeness (QED) is 0.775. The Kier molecular flexibility index (Phi) is 2.88. The van der Waals surface area contributed by atoms with E-state index in [9.17, 15) is 4.79 Å². The van der Waals surface area contributed by atoms with E-state index in [1.807, 2.05) is 0 Å². The maximum Gasteiger partial charge on any atom is 0.338 e. The van der Waals surface area contributed by atoms with Crippen LogP contribution in [0.25, 0.3) is 0 Å². The molecule has 0 fully saturated rings. The summed E-state index contributed by atoms with van der Waals surface area (Å²) in [6.45, 7) is 0.483. The molecule has 0 bridgehead atoms. The lowest BCUT2D eigenvalue weighted by molar-refractivity contribution is 0.0697. The minimum absolute atomic E-state index is 0.179. The lowest BCUT2D eigenvalue weighted by atomic mass is 10.4. The summed E-state index contributed by atoms with van der Waals surface area (Å²) in [7, 11) is 0. The van der Waals surface area contributed by atoms with Crippen molar-refractivity contribution in [2.75, 3.05) is 0 Å². The Labute approximate surface area is 74.1 Å². The van der Waals surface area contributed by atoms with Gasteiger partial charge in [-0.15, -0.1) is 0 Å². The van der Waals surface area contributed by atoms with Crippen molar-refractivity contribution in [2.45, 2.75) is 6.54 Å². The lowest BCUT2D eigenvalue weighted by Gasteiger charge is -1.91. The zero-order chi connectivity index (χ0) is 8.97. The molecule has 5 heteroatoms. The summed E-state index contributed by atoms with van der Waals surface area (Å²) in [5.41, 5.74) is 1.54. The van der Waals surface area contributed by atoms with E-state index in [0.29, 0.717) is 6.54 Å². The molecular weight excluding hydrogens is 180 g/mol. The Morgan fingerprint density at radius 2 is 2.58 bits per heavy atom. The average Bonchev–Trinajstić information content (AvgIpc) is 2.48. The Hall–Kier alpha value is -1.29. The van der Waals surface area contributed by atoms with Crippen molar-refractivity contribution in [1.29, 1.82) is 0 Å². The highest BCUT2D eigenvalue weighted by atomic mass is 35.5. The summed E-state index contributed by atoms with van der Waals surface area (Å²) in [6, 6.07) is 0. The number of nitrogens with zero attached hydrogens (tertiary/aromatic N) is 2. The van der Waals surface area contributed by atoms with Crippen LogP contribution in [0.1, 0.15) is 10.4 Å². The van der Waals surface area contributed by atoms with E-state index >= 15 is 0 Å². The predicted molar refractivity (Wildman–Crippen MR) is 44.2 cm³/mol. The van der Waals surface area contributed by atoms with E-state index in [2.05, 4.69) is 5.10 Å². The number of hydrogen-bond donors (Lipinski definition) is 1. The van der Waals surface area contributed by atoms with Crippen LogP contribution in [0.15, 0.2) is 24.0 Å². The molecule has 12 heavy (non-hydrogen) atoms. The van der Waals surface area contributed by atoms with Crippen LogP contribution in [-0.2, 0) is 6.54 Å². The summed E-state index contributed by atoms with van der Waals surface area (Å²) in [4.78, 5) is 10.4. The van der Waals surface area contributed by atoms with Gasteiger partial charge in [0.15, 0.2) is 0 Å². The fraction of sp³-hybridized carbons (Fsp3) is 0.143. The number of hydrogen-bond acceptors (Lipinski definition) is 2. The molecular formula is C7H7ClN2O2. The van der Waals surface area contributed by atoms with Gasteiger partial charge < -0.3 is 5.11 Å². The van der Waals surface area contributed by atoms with Gasteiger partial charge in [0.05, 0.1) is 18.3 Å². The van der Waals surface area contributed by atoms with E-state index < -0.39 is 5.97 Å². The molecule has 0 saturated heterocycles. The number of carboxylic acids is 1. The second kappa shape index (κ2) is 3.92. The van der Waals surface area contributed by atoms with Gasteiger partial charge >= 0.3 is 5.97 Å². The minimum Gasteiger partial charge on any atom is -0.478 e. The van der Waals surface area contributed by atoms with Crippen LogP contribution in [0.3, 0.4) is 0 Å². The van der Waals surface area contributed by atoms with E-state index in [4.69, 9.17) is 16.7 Å². The maximum atomic E-state index is 10.4. The molecule has 0 saturated carbocycles. The fourth-order valence-corrected chi connectivity index (χ4v) is 0.801. The Morgan fingerprint density at radius 3 is 3.08 bits per heavy atom. The number of allylic oxidation sites excluding steroid dienone is 1. The summed E-state index contributed by atoms with van der Waals surface area (Å²) < 4.78 is 1.49. The van der Waals surface area contributed by atoms with Crippen LogP contribution < -0.4 is 0 Å². The van der Waals surface area contributed by atoms with Crippen LogP contribution in [0.4, 0.5) is 0 Å². The third-order valence-corrected chi connectivity index (χ3v) is 1.44. The van der Waals surface area contributed by atoms with Gasteiger partial charge in [-0.25, -0.2) is 4.79 Å². The number of halogens is 1. The molecule has 0 aliphatic carbocycles. The Bertz CT molecular complexity index is 306. The van der Waals surface area contributed by atoms with Crippen LogP contribution in [0.5, 0.6) is 0 Å². The fourth-order valence-electron chi connectivity index (χ4n) is 0.722. The van der Waals surface area contributed by atoms with Crippen molar-refractivity contribution in [2.24, 2.45) is 0 Å². The smallest absolute Gasteiger partial charge is 0.338 e. The Balaban J connectivity index is 2.70. The number of rotatable bonds is 3. The molecule has 1 rings (SSSR count). The first kappa shape index (κ1) is 8.80. The molecule has 0 aliphatic heterocycles. The predicted octanol–water partition coefficient (Wildman–Crippen LogP) is 1.33. The number of aromatic carboxylic acids is 1. The number of aromatic nitrogens is 2. The van der Waals surface area contributed by atoms with Crippen molar-refractivity contribution in [3.63, 3.8) is 0 Å². The zero-order valence-corrected chi connectivity index (χ0v) is 6.90.